The minimum absolute atomic E-state index is 0.00786. The van der Waals surface area contributed by atoms with Crippen molar-refractivity contribution in [1.29, 1.82) is 0 Å². The van der Waals surface area contributed by atoms with Gasteiger partial charge in [-0.1, -0.05) is 25.8 Å². The van der Waals surface area contributed by atoms with Gasteiger partial charge in [-0.3, -0.25) is 9.35 Å². The second-order valence-corrected chi connectivity index (χ2v) is 6.37. The van der Waals surface area contributed by atoms with Gasteiger partial charge in [-0.2, -0.15) is 8.42 Å². The molecular weight excluding hydrogens is 312 g/mol. The van der Waals surface area contributed by atoms with E-state index in [1.165, 1.54) is 6.08 Å². The van der Waals surface area contributed by atoms with Crippen LogP contribution in [0.1, 0.15) is 46.0 Å². The van der Waals surface area contributed by atoms with E-state index in [9.17, 15) is 22.6 Å². The van der Waals surface area contributed by atoms with E-state index in [0.717, 1.165) is 18.9 Å². The van der Waals surface area contributed by atoms with E-state index in [1.54, 1.807) is 6.92 Å². The Bertz CT molecular complexity index is 495. The molecule has 1 radical (unpaired) electrons. The van der Waals surface area contributed by atoms with Crippen molar-refractivity contribution in [3.05, 3.63) is 19.1 Å². The standard InChI is InChI=1S/C14H23O7S/c1-4-7-8-10-13(16)21-14(6-3,22(17,18)19)11-20-12(15)9-5-2/h5,9H,3-4,6-8,10-11H2,1-2H3,(H,17,18,19). The molecule has 0 bridgehead atoms. The van der Waals surface area contributed by atoms with E-state index in [0.29, 0.717) is 6.42 Å². The fraction of sp³-hybridized carbons (Fsp3) is 0.643. The first-order chi connectivity index (χ1) is 10.2. The van der Waals surface area contributed by atoms with Crippen molar-refractivity contribution in [2.45, 2.75) is 50.9 Å². The maximum absolute atomic E-state index is 11.7. The van der Waals surface area contributed by atoms with Crippen molar-refractivity contribution in [3.63, 3.8) is 0 Å². The summed E-state index contributed by atoms with van der Waals surface area (Å²) in [6.45, 7) is 6.08. The average molecular weight is 335 g/mol. The summed E-state index contributed by atoms with van der Waals surface area (Å²) in [5.74, 6) is -1.61. The van der Waals surface area contributed by atoms with Gasteiger partial charge >= 0.3 is 22.1 Å². The molecule has 22 heavy (non-hydrogen) atoms. The molecule has 0 aliphatic heterocycles. The minimum Gasteiger partial charge on any atom is -0.457 e. The zero-order valence-corrected chi connectivity index (χ0v) is 13.7. The number of carbonyl (C=O) groups is 2. The van der Waals surface area contributed by atoms with Crippen molar-refractivity contribution in [2.24, 2.45) is 0 Å². The van der Waals surface area contributed by atoms with Gasteiger partial charge in [0.15, 0.2) is 0 Å². The summed E-state index contributed by atoms with van der Waals surface area (Å²) in [6, 6.07) is 0. The van der Waals surface area contributed by atoms with Crippen LogP contribution < -0.4 is 0 Å². The normalized spacial score (nSPS) is 14.5. The van der Waals surface area contributed by atoms with E-state index in [1.807, 2.05) is 6.92 Å². The smallest absolute Gasteiger partial charge is 0.330 e. The van der Waals surface area contributed by atoms with Crippen LogP contribution in [0.3, 0.4) is 0 Å². The Morgan fingerprint density at radius 1 is 1.32 bits per heavy atom. The first kappa shape index (κ1) is 20.6. The quantitative estimate of drug-likeness (QED) is 0.282. The van der Waals surface area contributed by atoms with Crippen LogP contribution in [0.5, 0.6) is 0 Å². The lowest BCUT2D eigenvalue weighted by atomic mass is 10.2. The summed E-state index contributed by atoms with van der Waals surface area (Å²) >= 11 is 0. The maximum atomic E-state index is 11.7. The number of rotatable bonds is 10. The topological polar surface area (TPSA) is 107 Å². The van der Waals surface area contributed by atoms with Crippen LogP contribution in [0.25, 0.3) is 0 Å². The molecule has 0 aromatic heterocycles. The van der Waals surface area contributed by atoms with E-state index in [-0.39, 0.29) is 6.42 Å². The number of hydrogen-bond acceptors (Lipinski definition) is 6. The Balaban J connectivity index is 5.02. The Kier molecular flexibility index (Phi) is 8.96. The van der Waals surface area contributed by atoms with E-state index < -0.39 is 40.0 Å². The number of hydrogen-bond donors (Lipinski definition) is 1. The first-order valence-electron chi connectivity index (χ1n) is 7.00. The molecule has 0 saturated heterocycles. The van der Waals surface area contributed by atoms with Crippen LogP contribution in [0.2, 0.25) is 0 Å². The zero-order chi connectivity index (χ0) is 17.2. The number of carbonyl (C=O) groups excluding carboxylic acids is 2. The molecule has 0 aromatic carbocycles. The predicted octanol–water partition coefficient (Wildman–Crippen LogP) is 2.04. The van der Waals surface area contributed by atoms with Crippen LogP contribution in [0.15, 0.2) is 12.2 Å². The number of allylic oxidation sites excluding steroid dienone is 1. The number of ether oxygens (including phenoxy) is 2. The third kappa shape index (κ3) is 6.57. The lowest BCUT2D eigenvalue weighted by Crippen LogP contribution is -2.47. The molecule has 0 rings (SSSR count). The Hall–Kier alpha value is -1.41. The fourth-order valence-corrected chi connectivity index (χ4v) is 2.22. The molecule has 0 aliphatic carbocycles. The highest BCUT2D eigenvalue weighted by molar-refractivity contribution is 7.87. The fourth-order valence-electron chi connectivity index (χ4n) is 1.55. The van der Waals surface area contributed by atoms with Gasteiger partial charge in [0, 0.05) is 18.9 Å². The Morgan fingerprint density at radius 3 is 2.41 bits per heavy atom. The summed E-state index contributed by atoms with van der Waals surface area (Å²) in [7, 11) is -4.82. The molecule has 1 N–H and O–H groups in total. The van der Waals surface area contributed by atoms with Gasteiger partial charge in [0.1, 0.15) is 6.61 Å². The average Bonchev–Trinajstić information content (AvgIpc) is 2.42. The Morgan fingerprint density at radius 2 is 1.95 bits per heavy atom. The Labute approximate surface area is 131 Å². The third-order valence-corrected chi connectivity index (χ3v) is 4.22. The third-order valence-electron chi connectivity index (χ3n) is 2.87. The highest BCUT2D eigenvalue weighted by atomic mass is 32.2. The van der Waals surface area contributed by atoms with Crippen LogP contribution >= 0.6 is 0 Å². The van der Waals surface area contributed by atoms with Gasteiger partial charge < -0.3 is 9.47 Å². The lowest BCUT2D eigenvalue weighted by Gasteiger charge is -2.28. The van der Waals surface area contributed by atoms with Crippen molar-refractivity contribution >= 4 is 22.1 Å². The van der Waals surface area contributed by atoms with E-state index in [4.69, 9.17) is 9.47 Å². The van der Waals surface area contributed by atoms with Crippen molar-refractivity contribution in [1.82, 2.24) is 0 Å². The summed E-state index contributed by atoms with van der Waals surface area (Å²) in [5.41, 5.74) is 0. The number of esters is 2. The molecule has 7 nitrogen and oxygen atoms in total. The molecule has 0 fully saturated rings. The first-order valence-corrected chi connectivity index (χ1v) is 8.44. The molecule has 0 heterocycles. The maximum Gasteiger partial charge on any atom is 0.330 e. The SMILES string of the molecule is [CH2]CC(COC(=O)C=CC)(OC(=O)CCCCC)S(=O)(=O)O. The van der Waals surface area contributed by atoms with Crippen molar-refractivity contribution in [3.8, 4) is 0 Å². The molecule has 1 atom stereocenters. The molecule has 0 spiro atoms. The van der Waals surface area contributed by atoms with Gasteiger partial charge in [-0.25, -0.2) is 4.79 Å². The second kappa shape index (κ2) is 9.58. The van der Waals surface area contributed by atoms with Gasteiger partial charge in [0.2, 0.25) is 0 Å². The van der Waals surface area contributed by atoms with E-state index >= 15 is 0 Å². The molecular formula is C14H23O7S. The van der Waals surface area contributed by atoms with Crippen molar-refractivity contribution < 1.29 is 32.0 Å². The number of unbranched alkanes of at least 4 members (excludes halogenated alkanes) is 2. The molecule has 1 unspecified atom stereocenters. The highest BCUT2D eigenvalue weighted by Gasteiger charge is 2.47. The molecule has 8 heteroatoms. The molecule has 0 saturated carbocycles. The summed E-state index contributed by atoms with van der Waals surface area (Å²) in [6.07, 6.45) is 4.19. The van der Waals surface area contributed by atoms with Crippen LogP contribution in [0, 0.1) is 6.92 Å². The highest BCUT2D eigenvalue weighted by Crippen LogP contribution is 2.24. The minimum atomic E-state index is -4.82. The van der Waals surface area contributed by atoms with Gasteiger partial charge in [0.05, 0.1) is 0 Å². The molecule has 127 valence electrons. The zero-order valence-electron chi connectivity index (χ0n) is 12.9. The predicted molar refractivity (Wildman–Crippen MR) is 80.3 cm³/mol. The van der Waals surface area contributed by atoms with Gasteiger partial charge in [0.25, 0.3) is 4.93 Å². The monoisotopic (exact) mass is 335 g/mol. The van der Waals surface area contributed by atoms with E-state index in [2.05, 4.69) is 6.92 Å². The largest absolute Gasteiger partial charge is 0.457 e. The molecule has 0 aromatic rings. The van der Waals surface area contributed by atoms with Crippen molar-refractivity contribution in [2.75, 3.05) is 6.61 Å². The van der Waals surface area contributed by atoms with Gasteiger partial charge in [-0.05, 0) is 20.3 Å². The van der Waals surface area contributed by atoms with Gasteiger partial charge in [-0.15, -0.1) is 0 Å². The summed E-state index contributed by atoms with van der Waals surface area (Å²) in [4.78, 5) is 20.6. The van der Waals surface area contributed by atoms with Crippen LogP contribution in [-0.2, 0) is 29.2 Å². The summed E-state index contributed by atoms with van der Waals surface area (Å²) in [5, 5.41) is 0. The van der Waals surface area contributed by atoms with Crippen LogP contribution in [0.4, 0.5) is 0 Å². The van der Waals surface area contributed by atoms with Crippen LogP contribution in [-0.4, -0.2) is 36.4 Å². The second-order valence-electron chi connectivity index (χ2n) is 4.67. The molecule has 0 amide bonds. The summed E-state index contributed by atoms with van der Waals surface area (Å²) < 4.78 is 42.0. The molecule has 0 aliphatic rings. The lowest BCUT2D eigenvalue weighted by molar-refractivity contribution is -0.161.